The smallest absolute Gasteiger partial charge is 0.222 e. The van der Waals surface area contributed by atoms with Crippen LogP contribution in [0.15, 0.2) is 42.6 Å². The second kappa shape index (κ2) is 8.46. The Kier molecular flexibility index (Phi) is 5.83. The van der Waals surface area contributed by atoms with Crippen LogP contribution in [0.4, 0.5) is 5.82 Å². The first-order chi connectivity index (χ1) is 13.1. The van der Waals surface area contributed by atoms with Crippen LogP contribution < -0.4 is 14.8 Å². The summed E-state index contributed by atoms with van der Waals surface area (Å²) in [5, 5.41) is 3.53. The maximum Gasteiger partial charge on any atom is 0.222 e. The molecule has 1 amide bonds. The maximum atomic E-state index is 11.0. The van der Waals surface area contributed by atoms with E-state index < -0.39 is 0 Å². The van der Waals surface area contributed by atoms with E-state index in [9.17, 15) is 4.79 Å². The number of benzene rings is 1. The van der Waals surface area contributed by atoms with Crippen molar-refractivity contribution in [2.24, 2.45) is 0 Å². The number of thiazole rings is 1. The second-order valence-corrected chi connectivity index (χ2v) is 6.67. The number of nitrogens with one attached hydrogen (secondary N) is 1. The summed E-state index contributed by atoms with van der Waals surface area (Å²) in [5.41, 5.74) is 1.81. The van der Waals surface area contributed by atoms with E-state index in [2.05, 4.69) is 15.3 Å². The van der Waals surface area contributed by atoms with Crippen molar-refractivity contribution >= 4 is 45.4 Å². The highest BCUT2D eigenvalue weighted by molar-refractivity contribution is 7.19. The Balaban J connectivity index is 1.70. The van der Waals surface area contributed by atoms with Crippen LogP contribution in [0.25, 0.3) is 22.4 Å². The zero-order valence-electron chi connectivity index (χ0n) is 15.2. The van der Waals surface area contributed by atoms with Crippen LogP contribution in [0.1, 0.15) is 17.5 Å². The Labute approximate surface area is 161 Å². The molecule has 0 atom stereocenters. The third-order valence-electron chi connectivity index (χ3n) is 3.64. The van der Waals surface area contributed by atoms with Gasteiger partial charge >= 0.3 is 0 Å². The lowest BCUT2D eigenvalue weighted by molar-refractivity contribution is -0.114. The molecule has 1 aromatic carbocycles. The van der Waals surface area contributed by atoms with Gasteiger partial charge in [0.15, 0.2) is 11.5 Å². The van der Waals surface area contributed by atoms with E-state index in [0.29, 0.717) is 17.3 Å². The van der Waals surface area contributed by atoms with Gasteiger partial charge in [0.1, 0.15) is 10.8 Å². The van der Waals surface area contributed by atoms with Gasteiger partial charge in [-0.05, 0) is 23.8 Å². The van der Waals surface area contributed by atoms with Crippen LogP contribution in [0, 0.1) is 0 Å². The summed E-state index contributed by atoms with van der Waals surface area (Å²) < 4.78 is 11.7. The van der Waals surface area contributed by atoms with Crippen LogP contribution in [-0.4, -0.2) is 30.1 Å². The summed E-state index contributed by atoms with van der Waals surface area (Å²) in [6.45, 7) is 1.45. The second-order valence-electron chi connectivity index (χ2n) is 5.60. The number of nitrogens with zero attached hydrogens (tertiary/aromatic N) is 2. The summed E-state index contributed by atoms with van der Waals surface area (Å²) >= 11 is 1.58. The minimum Gasteiger partial charge on any atom is -0.493 e. The first kappa shape index (κ1) is 18.6. The van der Waals surface area contributed by atoms with Gasteiger partial charge in [0.2, 0.25) is 5.91 Å². The normalized spacial score (nSPS) is 11.4. The third kappa shape index (κ3) is 4.71. The first-order valence-electron chi connectivity index (χ1n) is 8.20. The van der Waals surface area contributed by atoms with Crippen LogP contribution in [0.3, 0.4) is 0 Å². The Morgan fingerprint density at radius 3 is 2.52 bits per heavy atom. The van der Waals surface area contributed by atoms with Crippen molar-refractivity contribution in [1.82, 2.24) is 9.97 Å². The molecule has 3 aromatic rings. The quantitative estimate of drug-likeness (QED) is 0.642. The van der Waals surface area contributed by atoms with Crippen molar-refractivity contribution in [2.75, 3.05) is 19.5 Å². The molecule has 1 N–H and O–H groups in total. The zero-order valence-corrected chi connectivity index (χ0v) is 16.0. The third-order valence-corrected chi connectivity index (χ3v) is 4.62. The Hall–Kier alpha value is -3.19. The fourth-order valence-corrected chi connectivity index (χ4v) is 3.30. The predicted molar refractivity (Wildman–Crippen MR) is 109 cm³/mol. The molecule has 2 aromatic heterocycles. The van der Waals surface area contributed by atoms with Crippen molar-refractivity contribution in [2.45, 2.75) is 6.92 Å². The Morgan fingerprint density at radius 2 is 1.85 bits per heavy atom. The fraction of sp³-hybridized carbons (Fsp3) is 0.150. The number of hydrogen-bond acceptors (Lipinski definition) is 6. The number of pyridine rings is 1. The number of hydrogen-bond donors (Lipinski definition) is 1. The number of allylic oxidation sites excluding steroid dienone is 2. The lowest BCUT2D eigenvalue weighted by Gasteiger charge is -2.05. The lowest BCUT2D eigenvalue weighted by atomic mass is 10.2. The summed E-state index contributed by atoms with van der Waals surface area (Å²) in [6, 6.07) is 7.46. The average molecular weight is 380 g/mol. The van der Waals surface area contributed by atoms with Gasteiger partial charge in [-0.15, -0.1) is 11.3 Å². The molecule has 0 saturated carbocycles. The van der Waals surface area contributed by atoms with Crippen LogP contribution in [0.2, 0.25) is 0 Å². The Bertz CT molecular complexity index is 966. The maximum absolute atomic E-state index is 11.0. The molecule has 0 saturated heterocycles. The molecule has 2 heterocycles. The molecule has 0 unspecified atom stereocenters. The van der Waals surface area contributed by atoms with E-state index in [4.69, 9.17) is 9.47 Å². The molecule has 0 radical (unpaired) electrons. The molecule has 7 heteroatoms. The molecule has 0 spiro atoms. The number of fused-ring (bicyclic) bond motifs is 1. The van der Waals surface area contributed by atoms with Crippen molar-refractivity contribution in [3.63, 3.8) is 0 Å². The average Bonchev–Trinajstić information content (AvgIpc) is 3.06. The summed E-state index contributed by atoms with van der Waals surface area (Å²) in [7, 11) is 3.23. The number of anilines is 1. The van der Waals surface area contributed by atoms with Gasteiger partial charge in [0.25, 0.3) is 0 Å². The number of rotatable bonds is 6. The fourth-order valence-electron chi connectivity index (χ4n) is 2.41. The van der Waals surface area contributed by atoms with Crippen LogP contribution in [0.5, 0.6) is 11.5 Å². The van der Waals surface area contributed by atoms with Gasteiger partial charge in [-0.25, -0.2) is 9.97 Å². The molecule has 0 aliphatic heterocycles. The monoisotopic (exact) mass is 380 g/mol. The zero-order chi connectivity index (χ0) is 19.2. The SMILES string of the molecule is COc1cc2nc(/C=C/C=C/c3ccc(NC(C)=O)nc3)sc2cc1O[11CH3]. The molecule has 6 nitrogen and oxygen atoms in total. The predicted octanol–water partition coefficient (Wildman–Crippen LogP) is 4.39. The minimum absolute atomic E-state index is 0.139. The van der Waals surface area contributed by atoms with E-state index in [1.165, 1.54) is 6.92 Å². The van der Waals surface area contributed by atoms with E-state index in [-0.39, 0.29) is 5.91 Å². The van der Waals surface area contributed by atoms with Gasteiger partial charge in [-0.1, -0.05) is 18.2 Å². The number of carbonyl (C=O) groups is 1. The van der Waals surface area contributed by atoms with Gasteiger partial charge in [-0.3, -0.25) is 4.79 Å². The highest BCUT2D eigenvalue weighted by Crippen LogP contribution is 2.34. The van der Waals surface area contributed by atoms with Gasteiger partial charge in [0.05, 0.1) is 24.4 Å². The largest absolute Gasteiger partial charge is 0.493 e. The number of methoxy groups -OCH3 is 2. The van der Waals surface area contributed by atoms with Crippen LogP contribution >= 0.6 is 11.3 Å². The van der Waals surface area contributed by atoms with Crippen molar-refractivity contribution in [3.05, 3.63) is 53.2 Å². The molecule has 27 heavy (non-hydrogen) atoms. The molecular formula is C20H19N3O3S. The van der Waals surface area contributed by atoms with E-state index in [0.717, 1.165) is 20.8 Å². The molecule has 0 bridgehead atoms. The number of amides is 1. The van der Waals surface area contributed by atoms with Crippen molar-refractivity contribution in [3.8, 4) is 11.5 Å². The van der Waals surface area contributed by atoms with E-state index in [1.54, 1.807) is 37.8 Å². The standard InChI is InChI=1S/C20H19N3O3S/c1-13(24)22-19-9-8-14(12-21-19)6-4-5-7-20-23-15-10-16(25-2)17(26-3)11-18(15)27-20/h4-12H,1-3H3,(H,21,22,24)/b6-4+,7-5+/i3-1. The molecule has 138 valence electrons. The molecule has 0 aliphatic carbocycles. The van der Waals surface area contributed by atoms with E-state index in [1.807, 2.05) is 42.5 Å². The molecule has 0 fully saturated rings. The summed E-state index contributed by atoms with van der Waals surface area (Å²) in [6.07, 6.45) is 9.42. The van der Waals surface area contributed by atoms with Crippen LogP contribution in [-0.2, 0) is 4.79 Å². The minimum atomic E-state index is -0.139. The summed E-state index contributed by atoms with van der Waals surface area (Å²) in [4.78, 5) is 19.8. The Morgan fingerprint density at radius 1 is 1.11 bits per heavy atom. The van der Waals surface area contributed by atoms with Gasteiger partial charge in [0, 0.05) is 25.3 Å². The number of carbonyl (C=O) groups excluding carboxylic acids is 1. The van der Waals surface area contributed by atoms with Gasteiger partial charge < -0.3 is 14.8 Å². The topological polar surface area (TPSA) is 73.3 Å². The molecular weight excluding hydrogens is 361 g/mol. The molecule has 3 rings (SSSR count). The van der Waals surface area contributed by atoms with Gasteiger partial charge in [-0.2, -0.15) is 0 Å². The number of ether oxygens (including phenoxy) is 2. The van der Waals surface area contributed by atoms with Crippen molar-refractivity contribution < 1.29 is 14.3 Å². The molecule has 0 aliphatic rings. The highest BCUT2D eigenvalue weighted by Gasteiger charge is 2.09. The lowest BCUT2D eigenvalue weighted by Crippen LogP contribution is -2.06. The summed E-state index contributed by atoms with van der Waals surface area (Å²) in [5.74, 6) is 1.76. The highest BCUT2D eigenvalue weighted by atomic mass is 32.1. The van der Waals surface area contributed by atoms with Crippen molar-refractivity contribution in [1.29, 1.82) is 0 Å². The first-order valence-corrected chi connectivity index (χ1v) is 9.01. The van der Waals surface area contributed by atoms with E-state index >= 15 is 0 Å². The number of aromatic nitrogens is 2.